The van der Waals surface area contributed by atoms with Gasteiger partial charge >= 0.3 is 5.63 Å². The highest BCUT2D eigenvalue weighted by Gasteiger charge is 2.37. The smallest absolute Gasteiger partial charge is 0.336 e. The lowest BCUT2D eigenvalue weighted by molar-refractivity contribution is -0.230. The molecule has 4 N–H and O–H groups in total. The molecular formula is C15H16O8. The number of aromatic hydroxyl groups is 1. The summed E-state index contributed by atoms with van der Waals surface area (Å²) in [5, 5.41) is 39.1. The van der Waals surface area contributed by atoms with Crippen molar-refractivity contribution in [3.8, 4) is 11.5 Å². The van der Waals surface area contributed by atoms with E-state index in [1.807, 2.05) is 0 Å². The minimum absolute atomic E-state index is 0.0288. The summed E-state index contributed by atoms with van der Waals surface area (Å²) < 4.78 is 15.8. The number of benzene rings is 1. The molecule has 1 saturated heterocycles. The van der Waals surface area contributed by atoms with Gasteiger partial charge in [0, 0.05) is 23.9 Å². The first-order valence-corrected chi connectivity index (χ1v) is 7.04. The summed E-state index contributed by atoms with van der Waals surface area (Å²) >= 11 is 0. The van der Waals surface area contributed by atoms with Gasteiger partial charge in [-0.2, -0.15) is 0 Å². The Bertz CT molecular complexity index is 755. The van der Waals surface area contributed by atoms with E-state index >= 15 is 0 Å². The topological polar surface area (TPSA) is 130 Å². The van der Waals surface area contributed by atoms with Crippen LogP contribution in [0, 0.1) is 0 Å². The van der Waals surface area contributed by atoms with E-state index in [4.69, 9.17) is 19.0 Å². The molecule has 3 rings (SSSR count). The Morgan fingerprint density at radius 1 is 1.26 bits per heavy atom. The van der Waals surface area contributed by atoms with Crippen molar-refractivity contribution in [2.45, 2.75) is 31.0 Å². The molecule has 124 valence electrons. The number of fused-ring (bicyclic) bond motifs is 1. The largest absolute Gasteiger partial charge is 0.504 e. The van der Waals surface area contributed by atoms with Gasteiger partial charge in [-0.15, -0.1) is 0 Å². The van der Waals surface area contributed by atoms with Crippen LogP contribution in [0.25, 0.3) is 11.0 Å². The molecule has 2 heterocycles. The van der Waals surface area contributed by atoms with Gasteiger partial charge in [0.1, 0.15) is 17.8 Å². The third-order valence-electron chi connectivity index (χ3n) is 3.67. The Labute approximate surface area is 130 Å². The molecule has 2 aromatic rings. The minimum Gasteiger partial charge on any atom is -0.504 e. The SMILES string of the molecule is O=c1ccc2cc(O[C@H]3C[C@@H](O)[C@H](O)[C@@H](CO)O3)c(O)cc2o1. The van der Waals surface area contributed by atoms with Gasteiger partial charge in [0.25, 0.3) is 0 Å². The average molecular weight is 324 g/mol. The quantitative estimate of drug-likeness (QED) is 0.567. The van der Waals surface area contributed by atoms with E-state index in [1.54, 1.807) is 0 Å². The highest BCUT2D eigenvalue weighted by Crippen LogP contribution is 2.33. The number of phenols is 1. The summed E-state index contributed by atoms with van der Waals surface area (Å²) in [4.78, 5) is 11.2. The molecule has 0 spiro atoms. The Morgan fingerprint density at radius 2 is 2.04 bits per heavy atom. The number of phenolic OH excluding ortho intramolecular Hbond substituents is 1. The lowest BCUT2D eigenvalue weighted by atomic mass is 10.0. The number of ether oxygens (including phenoxy) is 2. The van der Waals surface area contributed by atoms with Crippen LogP contribution in [0.1, 0.15) is 6.42 Å². The zero-order valence-electron chi connectivity index (χ0n) is 12.0. The molecule has 1 aromatic heterocycles. The lowest BCUT2D eigenvalue weighted by Crippen LogP contribution is -2.51. The normalized spacial score (nSPS) is 28.0. The Hall–Kier alpha value is -2.13. The summed E-state index contributed by atoms with van der Waals surface area (Å²) in [6.07, 6.45) is -4.29. The predicted octanol–water partition coefficient (Wildman–Crippen LogP) is -0.294. The monoisotopic (exact) mass is 324 g/mol. The average Bonchev–Trinajstić information content (AvgIpc) is 2.51. The summed E-state index contributed by atoms with van der Waals surface area (Å²) in [6, 6.07) is 5.46. The van der Waals surface area contributed by atoms with Crippen LogP contribution >= 0.6 is 0 Å². The number of aliphatic hydroxyl groups excluding tert-OH is 3. The molecule has 1 fully saturated rings. The van der Waals surface area contributed by atoms with E-state index < -0.39 is 36.8 Å². The van der Waals surface area contributed by atoms with Crippen molar-refractivity contribution in [3.63, 3.8) is 0 Å². The van der Waals surface area contributed by atoms with E-state index in [2.05, 4.69) is 0 Å². The first-order valence-electron chi connectivity index (χ1n) is 7.04. The highest BCUT2D eigenvalue weighted by molar-refractivity contribution is 5.80. The molecule has 23 heavy (non-hydrogen) atoms. The first kappa shape index (κ1) is 15.8. The van der Waals surface area contributed by atoms with E-state index in [0.29, 0.717) is 5.39 Å². The van der Waals surface area contributed by atoms with Crippen molar-refractivity contribution in [3.05, 3.63) is 34.7 Å². The zero-order chi connectivity index (χ0) is 16.6. The number of hydrogen-bond acceptors (Lipinski definition) is 8. The van der Waals surface area contributed by atoms with Crippen LogP contribution in [0.3, 0.4) is 0 Å². The van der Waals surface area contributed by atoms with Crippen LogP contribution in [-0.2, 0) is 4.74 Å². The number of aliphatic hydroxyl groups is 3. The second-order valence-corrected chi connectivity index (χ2v) is 5.31. The molecule has 0 amide bonds. The summed E-state index contributed by atoms with van der Waals surface area (Å²) in [5.41, 5.74) is -0.334. The maximum absolute atomic E-state index is 11.2. The highest BCUT2D eigenvalue weighted by atomic mass is 16.7. The van der Waals surface area contributed by atoms with Gasteiger partial charge in [-0.05, 0) is 12.1 Å². The van der Waals surface area contributed by atoms with Crippen molar-refractivity contribution < 1.29 is 34.3 Å². The van der Waals surface area contributed by atoms with Gasteiger partial charge in [-0.25, -0.2) is 4.79 Å². The molecule has 0 bridgehead atoms. The van der Waals surface area contributed by atoms with Crippen molar-refractivity contribution in [2.24, 2.45) is 0 Å². The maximum atomic E-state index is 11.2. The van der Waals surface area contributed by atoms with Crippen LogP contribution in [0.2, 0.25) is 0 Å². The molecular weight excluding hydrogens is 308 g/mol. The standard InChI is InChI=1S/C15H16O8/c16-6-12-15(20)9(18)5-14(23-12)22-11-3-7-1-2-13(19)21-10(7)4-8(11)17/h1-4,9,12,14-18,20H,5-6H2/t9-,12-,14-,15+/m1/s1. The molecule has 8 nitrogen and oxygen atoms in total. The van der Waals surface area contributed by atoms with Crippen LogP contribution in [0.4, 0.5) is 0 Å². The van der Waals surface area contributed by atoms with Crippen LogP contribution in [-0.4, -0.2) is 51.6 Å². The maximum Gasteiger partial charge on any atom is 0.336 e. The van der Waals surface area contributed by atoms with Crippen LogP contribution in [0.15, 0.2) is 33.5 Å². The minimum atomic E-state index is -1.21. The summed E-state index contributed by atoms with van der Waals surface area (Å²) in [7, 11) is 0. The van der Waals surface area contributed by atoms with Crippen molar-refractivity contribution in [2.75, 3.05) is 6.61 Å². The molecule has 8 heteroatoms. The van der Waals surface area contributed by atoms with E-state index in [0.717, 1.165) is 0 Å². The Balaban J connectivity index is 1.85. The predicted molar refractivity (Wildman–Crippen MR) is 77.2 cm³/mol. The Kier molecular flexibility index (Phi) is 4.22. The van der Waals surface area contributed by atoms with Gasteiger partial charge < -0.3 is 34.3 Å². The molecule has 0 saturated carbocycles. The fourth-order valence-electron chi connectivity index (χ4n) is 2.46. The summed E-state index contributed by atoms with van der Waals surface area (Å²) in [5.74, 6) is -0.201. The first-order chi connectivity index (χ1) is 11.0. The van der Waals surface area contributed by atoms with Gasteiger partial charge in [0.05, 0.1) is 12.7 Å². The van der Waals surface area contributed by atoms with Crippen molar-refractivity contribution in [1.29, 1.82) is 0 Å². The fourth-order valence-corrected chi connectivity index (χ4v) is 2.46. The van der Waals surface area contributed by atoms with E-state index in [9.17, 15) is 20.1 Å². The van der Waals surface area contributed by atoms with E-state index in [-0.39, 0.29) is 23.5 Å². The fraction of sp³-hybridized carbons (Fsp3) is 0.400. The van der Waals surface area contributed by atoms with Gasteiger partial charge in [-0.3, -0.25) is 0 Å². The molecule has 0 unspecified atom stereocenters. The lowest BCUT2D eigenvalue weighted by Gasteiger charge is -2.36. The molecule has 0 aliphatic carbocycles. The second-order valence-electron chi connectivity index (χ2n) is 5.31. The number of rotatable bonds is 3. The van der Waals surface area contributed by atoms with Gasteiger partial charge in [0.15, 0.2) is 11.5 Å². The zero-order valence-corrected chi connectivity index (χ0v) is 12.0. The third kappa shape index (κ3) is 3.15. The number of hydrogen-bond donors (Lipinski definition) is 4. The second kappa shape index (κ2) is 6.17. The van der Waals surface area contributed by atoms with Crippen molar-refractivity contribution in [1.82, 2.24) is 0 Å². The van der Waals surface area contributed by atoms with Crippen LogP contribution < -0.4 is 10.4 Å². The van der Waals surface area contributed by atoms with Gasteiger partial charge in [0.2, 0.25) is 6.29 Å². The molecule has 4 atom stereocenters. The van der Waals surface area contributed by atoms with Crippen molar-refractivity contribution >= 4 is 11.0 Å². The molecule has 1 aliphatic rings. The molecule has 0 radical (unpaired) electrons. The van der Waals surface area contributed by atoms with E-state index in [1.165, 1.54) is 24.3 Å². The van der Waals surface area contributed by atoms with Crippen LogP contribution in [0.5, 0.6) is 11.5 Å². The molecule has 1 aliphatic heterocycles. The third-order valence-corrected chi connectivity index (χ3v) is 3.67. The molecule has 1 aromatic carbocycles. The summed E-state index contributed by atoms with van der Waals surface area (Å²) in [6.45, 7) is -0.479. The Morgan fingerprint density at radius 3 is 2.78 bits per heavy atom. The van der Waals surface area contributed by atoms with Gasteiger partial charge in [-0.1, -0.05) is 0 Å².